The summed E-state index contributed by atoms with van der Waals surface area (Å²) in [6, 6.07) is 20.3. The summed E-state index contributed by atoms with van der Waals surface area (Å²) >= 11 is 3.34. The van der Waals surface area contributed by atoms with Gasteiger partial charge in [0.25, 0.3) is 0 Å². The van der Waals surface area contributed by atoms with Crippen LogP contribution in [-0.2, 0) is 0 Å². The molecule has 0 unspecified atom stereocenters. The lowest BCUT2D eigenvalue weighted by Crippen LogP contribution is -2.01. The lowest BCUT2D eigenvalue weighted by atomic mass is 10.1. The molecule has 6 heteroatoms. The Morgan fingerprint density at radius 2 is 1.54 bits per heavy atom. The van der Waals surface area contributed by atoms with Crippen molar-refractivity contribution in [3.63, 3.8) is 0 Å². The average molecular weight is 435 g/mol. The van der Waals surface area contributed by atoms with Crippen LogP contribution in [0, 0.1) is 0 Å². The molecule has 3 rings (SSSR count). The number of halogens is 1. The van der Waals surface area contributed by atoms with Crippen LogP contribution in [-0.4, -0.2) is 10.9 Å². The molecule has 0 bridgehead atoms. The highest BCUT2D eigenvalue weighted by molar-refractivity contribution is 9.10. The summed E-state index contributed by atoms with van der Waals surface area (Å²) in [6.45, 7) is 0. The molecule has 0 aromatic heterocycles. The van der Waals surface area contributed by atoms with Crippen LogP contribution in [0.15, 0.2) is 98.4 Å². The van der Waals surface area contributed by atoms with E-state index in [1.54, 1.807) is 18.2 Å². The van der Waals surface area contributed by atoms with Crippen molar-refractivity contribution >= 4 is 39.2 Å². The van der Waals surface area contributed by atoms with Crippen molar-refractivity contribution in [2.24, 2.45) is 10.2 Å². The zero-order chi connectivity index (χ0) is 19.9. The van der Waals surface area contributed by atoms with E-state index in [0.29, 0.717) is 5.69 Å². The molecule has 0 aliphatic heterocycles. The first-order chi connectivity index (χ1) is 13.5. The molecule has 0 aliphatic rings. The molecular formula is C22H15BrN2O3. The van der Waals surface area contributed by atoms with E-state index in [4.69, 9.17) is 0 Å². The van der Waals surface area contributed by atoms with Gasteiger partial charge in [-0.25, -0.2) is 0 Å². The van der Waals surface area contributed by atoms with Gasteiger partial charge in [-0.3, -0.25) is 9.59 Å². The van der Waals surface area contributed by atoms with Crippen LogP contribution in [0.2, 0.25) is 0 Å². The number of benzene rings is 2. The van der Waals surface area contributed by atoms with Crippen LogP contribution in [0.5, 0.6) is 5.75 Å². The minimum Gasteiger partial charge on any atom is -0.504 e. The normalized spacial score (nSPS) is 11.2. The molecular weight excluding hydrogens is 420 g/mol. The SMILES string of the molecule is O=C(/C=C/c1ccccc1)c1cc(N=Nc2ccc(Br)cc2)ccc(=O)c1O. The molecule has 0 saturated heterocycles. The van der Waals surface area contributed by atoms with Crippen molar-refractivity contribution in [1.29, 1.82) is 0 Å². The third kappa shape index (κ3) is 5.08. The molecule has 0 amide bonds. The lowest BCUT2D eigenvalue weighted by molar-refractivity contribution is 0.104. The molecule has 138 valence electrons. The summed E-state index contributed by atoms with van der Waals surface area (Å²) in [5, 5.41) is 18.3. The highest BCUT2D eigenvalue weighted by Crippen LogP contribution is 2.23. The number of aromatic hydroxyl groups is 1. The van der Waals surface area contributed by atoms with E-state index in [1.807, 2.05) is 42.5 Å². The maximum Gasteiger partial charge on any atom is 0.220 e. The van der Waals surface area contributed by atoms with E-state index < -0.39 is 17.0 Å². The lowest BCUT2D eigenvalue weighted by Gasteiger charge is -1.97. The Morgan fingerprint density at radius 3 is 2.25 bits per heavy atom. The monoisotopic (exact) mass is 434 g/mol. The molecule has 28 heavy (non-hydrogen) atoms. The van der Waals surface area contributed by atoms with Crippen LogP contribution >= 0.6 is 15.9 Å². The van der Waals surface area contributed by atoms with E-state index in [-0.39, 0.29) is 11.3 Å². The molecule has 0 atom stereocenters. The van der Waals surface area contributed by atoms with Crippen LogP contribution in [0.1, 0.15) is 15.9 Å². The first kappa shape index (κ1) is 19.4. The van der Waals surface area contributed by atoms with Gasteiger partial charge in [-0.15, -0.1) is 0 Å². The zero-order valence-electron chi connectivity index (χ0n) is 14.6. The third-order valence-electron chi connectivity index (χ3n) is 3.79. The summed E-state index contributed by atoms with van der Waals surface area (Å²) in [6.07, 6.45) is 2.92. The Kier molecular flexibility index (Phi) is 6.24. The highest BCUT2D eigenvalue weighted by atomic mass is 79.9. The second kappa shape index (κ2) is 9.01. The molecule has 0 radical (unpaired) electrons. The van der Waals surface area contributed by atoms with Gasteiger partial charge in [0.15, 0.2) is 11.5 Å². The number of carbonyl (C=O) groups excluding carboxylic acids is 1. The van der Waals surface area contributed by atoms with Gasteiger partial charge in [0.1, 0.15) is 0 Å². The second-order valence-electron chi connectivity index (χ2n) is 5.81. The van der Waals surface area contributed by atoms with E-state index in [9.17, 15) is 14.7 Å². The smallest absolute Gasteiger partial charge is 0.220 e. The summed E-state index contributed by atoms with van der Waals surface area (Å²) in [5.74, 6) is -1.12. The van der Waals surface area contributed by atoms with Gasteiger partial charge in [0, 0.05) is 4.47 Å². The van der Waals surface area contributed by atoms with Gasteiger partial charge in [-0.2, -0.15) is 10.2 Å². The summed E-state index contributed by atoms with van der Waals surface area (Å²) in [5.41, 5.74) is 0.913. The predicted octanol–water partition coefficient (Wildman–Crippen LogP) is 5.83. The van der Waals surface area contributed by atoms with Crippen molar-refractivity contribution in [3.05, 3.63) is 105 Å². The molecule has 0 saturated carbocycles. The topological polar surface area (TPSA) is 79.1 Å². The Morgan fingerprint density at radius 1 is 0.893 bits per heavy atom. The Labute approximate surface area is 169 Å². The molecule has 0 aliphatic carbocycles. The van der Waals surface area contributed by atoms with E-state index >= 15 is 0 Å². The van der Waals surface area contributed by atoms with Crippen LogP contribution in [0.3, 0.4) is 0 Å². The zero-order valence-corrected chi connectivity index (χ0v) is 16.2. The second-order valence-corrected chi connectivity index (χ2v) is 6.73. The maximum absolute atomic E-state index is 12.5. The Bertz CT molecular complexity index is 1110. The molecule has 1 N–H and O–H groups in total. The number of nitrogens with zero attached hydrogens (tertiary/aromatic N) is 2. The largest absolute Gasteiger partial charge is 0.504 e. The number of ketones is 1. The van der Waals surface area contributed by atoms with E-state index in [1.165, 1.54) is 18.2 Å². The molecule has 0 fully saturated rings. The molecule has 0 heterocycles. The standard InChI is InChI=1S/C22H15BrN2O3/c23-16-7-9-17(10-8-16)24-25-18-11-13-21(27)22(28)19(14-18)20(26)12-6-15-4-2-1-3-5-15/h1-14H,(H,27,28)/b12-6+,25-24?. The Balaban J connectivity index is 1.93. The highest BCUT2D eigenvalue weighted by Gasteiger charge is 2.11. The fraction of sp³-hybridized carbons (Fsp3) is 0. The summed E-state index contributed by atoms with van der Waals surface area (Å²) in [4.78, 5) is 24.5. The predicted molar refractivity (Wildman–Crippen MR) is 113 cm³/mol. The van der Waals surface area contributed by atoms with Gasteiger partial charge in [0.05, 0.1) is 16.9 Å². The molecule has 3 aromatic rings. The Hall–Kier alpha value is -3.38. The van der Waals surface area contributed by atoms with Crippen LogP contribution in [0.4, 0.5) is 11.4 Å². The van der Waals surface area contributed by atoms with Gasteiger partial charge in [0.2, 0.25) is 5.43 Å². The number of carbonyl (C=O) groups is 1. The summed E-state index contributed by atoms with van der Waals surface area (Å²) in [7, 11) is 0. The number of azo groups is 1. The number of hydrogen-bond acceptors (Lipinski definition) is 5. The van der Waals surface area contributed by atoms with Crippen LogP contribution < -0.4 is 5.43 Å². The molecule has 5 nitrogen and oxygen atoms in total. The number of rotatable bonds is 5. The van der Waals surface area contributed by atoms with Gasteiger partial charge in [-0.05, 0) is 54.1 Å². The van der Waals surface area contributed by atoms with Crippen molar-refractivity contribution in [2.75, 3.05) is 0 Å². The average Bonchev–Trinajstić information content (AvgIpc) is 2.86. The van der Waals surface area contributed by atoms with Crippen molar-refractivity contribution in [2.45, 2.75) is 0 Å². The van der Waals surface area contributed by atoms with Crippen molar-refractivity contribution in [3.8, 4) is 5.75 Å². The van der Waals surface area contributed by atoms with Crippen LogP contribution in [0.25, 0.3) is 6.08 Å². The third-order valence-corrected chi connectivity index (χ3v) is 4.31. The maximum atomic E-state index is 12.5. The summed E-state index contributed by atoms with van der Waals surface area (Å²) < 4.78 is 0.913. The van der Waals surface area contributed by atoms with E-state index in [0.717, 1.165) is 16.1 Å². The molecule has 3 aromatic carbocycles. The first-order valence-electron chi connectivity index (χ1n) is 8.35. The number of allylic oxidation sites excluding steroid dienone is 1. The minimum absolute atomic E-state index is 0.132. The minimum atomic E-state index is -0.665. The first-order valence-corrected chi connectivity index (χ1v) is 9.14. The van der Waals surface area contributed by atoms with Crippen molar-refractivity contribution < 1.29 is 9.90 Å². The number of hydrogen-bond donors (Lipinski definition) is 1. The molecule has 0 spiro atoms. The van der Waals surface area contributed by atoms with Crippen molar-refractivity contribution in [1.82, 2.24) is 0 Å². The quantitative estimate of drug-likeness (QED) is 0.311. The van der Waals surface area contributed by atoms with E-state index in [2.05, 4.69) is 26.2 Å². The van der Waals surface area contributed by atoms with Gasteiger partial charge in [-0.1, -0.05) is 52.3 Å². The van der Waals surface area contributed by atoms with Gasteiger partial charge >= 0.3 is 0 Å². The van der Waals surface area contributed by atoms with Gasteiger partial charge < -0.3 is 5.11 Å². The fourth-order valence-electron chi connectivity index (χ4n) is 2.34. The fourth-order valence-corrected chi connectivity index (χ4v) is 2.60.